The van der Waals surface area contributed by atoms with Crippen LogP contribution < -0.4 is 5.32 Å². The van der Waals surface area contributed by atoms with Crippen molar-refractivity contribution in [1.82, 2.24) is 15.1 Å². The minimum absolute atomic E-state index is 0.0875. The van der Waals surface area contributed by atoms with Gasteiger partial charge in [0, 0.05) is 43.6 Å². The number of carbonyl (C=O) groups excluding carboxylic acids is 1. The number of hydrogen-bond donors (Lipinski definition) is 1. The predicted octanol–water partition coefficient (Wildman–Crippen LogP) is 2.73. The van der Waals surface area contributed by atoms with Gasteiger partial charge >= 0.3 is 0 Å². The van der Waals surface area contributed by atoms with Crippen molar-refractivity contribution in [2.75, 3.05) is 32.7 Å². The molecule has 0 spiro atoms. The van der Waals surface area contributed by atoms with Crippen molar-refractivity contribution < 1.29 is 4.79 Å². The Morgan fingerprint density at radius 2 is 2.17 bits per heavy atom. The van der Waals surface area contributed by atoms with Crippen molar-refractivity contribution in [3.8, 4) is 0 Å². The summed E-state index contributed by atoms with van der Waals surface area (Å²) in [6, 6.07) is 4.56. The van der Waals surface area contributed by atoms with Crippen LogP contribution in [0.25, 0.3) is 0 Å². The third-order valence-corrected chi connectivity index (χ3v) is 6.27. The van der Waals surface area contributed by atoms with Crippen LogP contribution in [0.3, 0.4) is 0 Å². The molecule has 4 nitrogen and oxygen atoms in total. The lowest BCUT2D eigenvalue weighted by Gasteiger charge is -2.42. The first-order valence-corrected chi connectivity index (χ1v) is 9.87. The topological polar surface area (TPSA) is 35.6 Å². The SMILES string of the molecule is CCC1CNCCN1C(C(=O)N1CCC(C)CC1)c1cccs1. The van der Waals surface area contributed by atoms with E-state index in [1.807, 2.05) is 0 Å². The van der Waals surface area contributed by atoms with Gasteiger partial charge in [0.2, 0.25) is 5.91 Å². The molecule has 3 rings (SSSR count). The van der Waals surface area contributed by atoms with E-state index in [1.54, 1.807) is 11.3 Å². The van der Waals surface area contributed by atoms with Gasteiger partial charge in [-0.1, -0.05) is 19.9 Å². The molecule has 2 aliphatic heterocycles. The summed E-state index contributed by atoms with van der Waals surface area (Å²) in [6.07, 6.45) is 3.36. The molecule has 0 bridgehead atoms. The van der Waals surface area contributed by atoms with Crippen LogP contribution in [0.4, 0.5) is 0 Å². The van der Waals surface area contributed by atoms with E-state index in [0.29, 0.717) is 11.9 Å². The molecule has 5 heteroatoms. The number of piperidine rings is 1. The van der Waals surface area contributed by atoms with Gasteiger partial charge in [-0.3, -0.25) is 9.69 Å². The van der Waals surface area contributed by atoms with Gasteiger partial charge in [-0.2, -0.15) is 0 Å². The monoisotopic (exact) mass is 335 g/mol. The van der Waals surface area contributed by atoms with E-state index in [4.69, 9.17) is 0 Å². The molecule has 128 valence electrons. The lowest BCUT2D eigenvalue weighted by atomic mass is 9.97. The second-order valence-corrected chi connectivity index (χ2v) is 7.91. The van der Waals surface area contributed by atoms with Gasteiger partial charge in [-0.15, -0.1) is 11.3 Å². The summed E-state index contributed by atoms with van der Waals surface area (Å²) in [5, 5.41) is 5.57. The molecule has 1 N–H and O–H groups in total. The van der Waals surface area contributed by atoms with Crippen LogP contribution in [0.15, 0.2) is 17.5 Å². The van der Waals surface area contributed by atoms with Gasteiger partial charge in [0.05, 0.1) is 0 Å². The van der Waals surface area contributed by atoms with Crippen LogP contribution in [0.2, 0.25) is 0 Å². The molecule has 2 saturated heterocycles. The first-order chi connectivity index (χ1) is 11.2. The van der Waals surface area contributed by atoms with E-state index in [-0.39, 0.29) is 6.04 Å². The smallest absolute Gasteiger partial charge is 0.245 e. The van der Waals surface area contributed by atoms with Gasteiger partial charge in [-0.25, -0.2) is 0 Å². The second kappa shape index (κ2) is 7.77. The summed E-state index contributed by atoms with van der Waals surface area (Å²) in [5.41, 5.74) is 0. The Kier molecular flexibility index (Phi) is 5.72. The Labute approximate surface area is 143 Å². The summed E-state index contributed by atoms with van der Waals surface area (Å²) in [4.78, 5) is 19.1. The largest absolute Gasteiger partial charge is 0.341 e. The number of nitrogens with zero attached hydrogens (tertiary/aromatic N) is 2. The highest BCUT2D eigenvalue weighted by molar-refractivity contribution is 7.10. The maximum atomic E-state index is 13.3. The number of nitrogens with one attached hydrogen (secondary N) is 1. The van der Waals surface area contributed by atoms with Gasteiger partial charge in [0.25, 0.3) is 0 Å². The molecule has 23 heavy (non-hydrogen) atoms. The first-order valence-electron chi connectivity index (χ1n) is 8.99. The molecule has 2 aliphatic rings. The van der Waals surface area contributed by atoms with Crippen LogP contribution in [0.1, 0.15) is 44.0 Å². The van der Waals surface area contributed by atoms with Crippen LogP contribution in [0, 0.1) is 5.92 Å². The molecular formula is C18H29N3OS. The fourth-order valence-electron chi connectivity index (χ4n) is 3.77. The van der Waals surface area contributed by atoms with Crippen LogP contribution in [-0.2, 0) is 4.79 Å². The van der Waals surface area contributed by atoms with Crippen LogP contribution in [0.5, 0.6) is 0 Å². The van der Waals surface area contributed by atoms with Crippen molar-refractivity contribution in [3.05, 3.63) is 22.4 Å². The van der Waals surface area contributed by atoms with Crippen LogP contribution in [-0.4, -0.2) is 54.5 Å². The lowest BCUT2D eigenvalue weighted by Crippen LogP contribution is -2.56. The third-order valence-electron chi connectivity index (χ3n) is 5.34. The number of rotatable bonds is 4. The molecule has 2 atom stereocenters. The maximum absolute atomic E-state index is 13.3. The lowest BCUT2D eigenvalue weighted by molar-refractivity contribution is -0.140. The molecule has 0 aliphatic carbocycles. The highest BCUT2D eigenvalue weighted by atomic mass is 32.1. The van der Waals surface area contributed by atoms with Gasteiger partial charge < -0.3 is 10.2 Å². The molecule has 0 radical (unpaired) electrons. The molecule has 1 aromatic rings. The Morgan fingerprint density at radius 3 is 2.83 bits per heavy atom. The van der Waals surface area contributed by atoms with Gasteiger partial charge in [-0.05, 0) is 36.6 Å². The average molecular weight is 336 g/mol. The van der Waals surface area contributed by atoms with E-state index in [1.165, 1.54) is 4.88 Å². The first kappa shape index (κ1) is 16.9. The molecule has 2 fully saturated rings. The molecule has 2 unspecified atom stereocenters. The summed E-state index contributed by atoms with van der Waals surface area (Å²) in [6.45, 7) is 9.28. The normalized spacial score (nSPS) is 25.5. The summed E-state index contributed by atoms with van der Waals surface area (Å²) in [5.74, 6) is 1.07. The van der Waals surface area contributed by atoms with E-state index >= 15 is 0 Å². The second-order valence-electron chi connectivity index (χ2n) is 6.93. The number of carbonyl (C=O) groups is 1. The van der Waals surface area contributed by atoms with Crippen LogP contribution >= 0.6 is 11.3 Å². The number of thiophene rings is 1. The predicted molar refractivity (Wildman–Crippen MR) is 95.7 cm³/mol. The number of piperazine rings is 1. The Hall–Kier alpha value is -0.910. The van der Waals surface area contributed by atoms with E-state index in [0.717, 1.165) is 57.9 Å². The number of amides is 1. The molecule has 1 amide bonds. The fourth-order valence-corrected chi connectivity index (χ4v) is 4.61. The van der Waals surface area contributed by atoms with Gasteiger partial charge in [0.1, 0.15) is 6.04 Å². The average Bonchev–Trinajstić information content (AvgIpc) is 3.10. The third kappa shape index (κ3) is 3.78. The van der Waals surface area contributed by atoms with Crippen molar-refractivity contribution in [3.63, 3.8) is 0 Å². The van der Waals surface area contributed by atoms with Crippen molar-refractivity contribution in [1.29, 1.82) is 0 Å². The Bertz CT molecular complexity index is 496. The molecule has 1 aromatic heterocycles. The van der Waals surface area contributed by atoms with Gasteiger partial charge in [0.15, 0.2) is 0 Å². The molecule has 3 heterocycles. The minimum atomic E-state index is -0.0875. The van der Waals surface area contributed by atoms with E-state index in [2.05, 4.69) is 46.5 Å². The Balaban J connectivity index is 1.82. The highest BCUT2D eigenvalue weighted by Crippen LogP contribution is 2.31. The van der Waals surface area contributed by atoms with Crippen molar-refractivity contribution in [2.24, 2.45) is 5.92 Å². The van der Waals surface area contributed by atoms with E-state index in [9.17, 15) is 4.79 Å². The zero-order chi connectivity index (χ0) is 16.2. The van der Waals surface area contributed by atoms with Crippen molar-refractivity contribution >= 4 is 17.2 Å². The zero-order valence-corrected chi connectivity index (χ0v) is 15.1. The number of hydrogen-bond acceptors (Lipinski definition) is 4. The molecule has 0 aromatic carbocycles. The van der Waals surface area contributed by atoms with Crippen molar-refractivity contribution in [2.45, 2.75) is 45.2 Å². The maximum Gasteiger partial charge on any atom is 0.245 e. The molecular weight excluding hydrogens is 306 g/mol. The Morgan fingerprint density at radius 1 is 1.39 bits per heavy atom. The summed E-state index contributed by atoms with van der Waals surface area (Å²) < 4.78 is 0. The fraction of sp³-hybridized carbons (Fsp3) is 0.722. The number of likely N-dealkylation sites (tertiary alicyclic amines) is 1. The highest BCUT2D eigenvalue weighted by Gasteiger charge is 2.37. The zero-order valence-electron chi connectivity index (χ0n) is 14.3. The van der Waals surface area contributed by atoms with E-state index < -0.39 is 0 Å². The quantitative estimate of drug-likeness (QED) is 0.919. The molecule has 0 saturated carbocycles. The summed E-state index contributed by atoms with van der Waals surface area (Å²) in [7, 11) is 0. The minimum Gasteiger partial charge on any atom is -0.341 e. The summed E-state index contributed by atoms with van der Waals surface area (Å²) >= 11 is 1.72. The standard InChI is InChI=1S/C18H29N3OS/c1-3-15-13-19-8-11-21(15)17(16-5-4-12-23-16)18(22)20-9-6-14(2)7-10-20/h4-5,12,14-15,17,19H,3,6-11,13H2,1-2H3.